The first-order valence-electron chi connectivity index (χ1n) is 5.27. The predicted octanol–water partition coefficient (Wildman–Crippen LogP) is 2.82. The minimum absolute atomic E-state index is 0.0735. The molecule has 0 radical (unpaired) electrons. The van der Waals surface area contributed by atoms with Crippen molar-refractivity contribution in [1.82, 2.24) is 0 Å². The van der Waals surface area contributed by atoms with Crippen LogP contribution in [-0.4, -0.2) is 11.1 Å². The zero-order valence-corrected chi connectivity index (χ0v) is 9.92. The van der Waals surface area contributed by atoms with E-state index in [1.807, 2.05) is 33.8 Å². The van der Waals surface area contributed by atoms with Crippen LogP contribution in [0, 0.1) is 27.6 Å². The summed E-state index contributed by atoms with van der Waals surface area (Å²) in [5.74, 6) is -0.967. The number of carboxylic acid groups (broad SMARTS) is 1. The Balaban J connectivity index is 3.12. The van der Waals surface area contributed by atoms with Crippen LogP contribution < -0.4 is 0 Å². The smallest absolute Gasteiger partial charge is 0.324 e. The molecule has 0 aromatic carbocycles. The lowest BCUT2D eigenvalue weighted by molar-refractivity contribution is -0.152. The molecular weight excluding hydrogens is 190 g/mol. The molecule has 15 heavy (non-hydrogen) atoms. The number of carbonyl (C=O) groups is 1. The van der Waals surface area contributed by atoms with E-state index in [0.717, 1.165) is 6.42 Å². The van der Waals surface area contributed by atoms with Crippen molar-refractivity contribution in [1.29, 1.82) is 5.26 Å². The van der Waals surface area contributed by atoms with Gasteiger partial charge in [-0.1, -0.05) is 27.7 Å². The van der Waals surface area contributed by atoms with Crippen molar-refractivity contribution in [3.05, 3.63) is 0 Å². The van der Waals surface area contributed by atoms with Crippen molar-refractivity contribution in [2.75, 3.05) is 0 Å². The maximum atomic E-state index is 11.3. The van der Waals surface area contributed by atoms with E-state index in [2.05, 4.69) is 0 Å². The molecule has 0 bridgehead atoms. The van der Waals surface area contributed by atoms with Crippen LogP contribution in [0.5, 0.6) is 0 Å². The number of carboxylic acids is 1. The fraction of sp³-hybridized carbons (Fsp3) is 0.833. The van der Waals surface area contributed by atoms with Crippen molar-refractivity contribution >= 4 is 5.97 Å². The van der Waals surface area contributed by atoms with Crippen LogP contribution in [0.3, 0.4) is 0 Å². The summed E-state index contributed by atoms with van der Waals surface area (Å²) in [5.41, 5.74) is -1.34. The Bertz CT molecular complexity index is 307. The molecular formula is C12H19NO2. The van der Waals surface area contributed by atoms with E-state index < -0.39 is 11.4 Å². The molecule has 1 N–H and O–H groups in total. The van der Waals surface area contributed by atoms with Gasteiger partial charge in [-0.05, 0) is 30.1 Å². The van der Waals surface area contributed by atoms with Gasteiger partial charge in [0, 0.05) is 0 Å². The molecule has 1 aliphatic carbocycles. The third-order valence-electron chi connectivity index (χ3n) is 3.14. The van der Waals surface area contributed by atoms with Crippen LogP contribution in [0.2, 0.25) is 0 Å². The van der Waals surface area contributed by atoms with Crippen molar-refractivity contribution in [2.45, 2.75) is 47.0 Å². The van der Waals surface area contributed by atoms with Gasteiger partial charge in [0.15, 0.2) is 5.41 Å². The van der Waals surface area contributed by atoms with Gasteiger partial charge in [0.2, 0.25) is 0 Å². The van der Waals surface area contributed by atoms with Crippen LogP contribution in [0.4, 0.5) is 0 Å². The monoisotopic (exact) mass is 209 g/mol. The zero-order chi connectivity index (χ0) is 11.9. The second-order valence-electron chi connectivity index (χ2n) is 6.36. The van der Waals surface area contributed by atoms with Crippen LogP contribution in [0.15, 0.2) is 0 Å². The highest BCUT2D eigenvalue weighted by molar-refractivity contribution is 5.78. The summed E-state index contributed by atoms with van der Waals surface area (Å²) in [6, 6.07) is 2.03. The number of hydrogen-bond acceptors (Lipinski definition) is 2. The van der Waals surface area contributed by atoms with Crippen molar-refractivity contribution in [3.63, 3.8) is 0 Å². The van der Waals surface area contributed by atoms with Crippen LogP contribution in [-0.2, 0) is 4.79 Å². The summed E-state index contributed by atoms with van der Waals surface area (Å²) in [7, 11) is 0. The quantitative estimate of drug-likeness (QED) is 0.722. The van der Waals surface area contributed by atoms with E-state index in [4.69, 9.17) is 5.26 Å². The van der Waals surface area contributed by atoms with Gasteiger partial charge in [0.05, 0.1) is 6.07 Å². The number of aliphatic carboxylic acids is 1. The first kappa shape index (κ1) is 12.0. The largest absolute Gasteiger partial charge is 0.480 e. The van der Waals surface area contributed by atoms with E-state index in [0.29, 0.717) is 12.8 Å². The third kappa shape index (κ3) is 2.31. The molecule has 0 atom stereocenters. The molecule has 0 saturated heterocycles. The molecule has 0 aliphatic heterocycles. The molecule has 0 unspecified atom stereocenters. The lowest BCUT2D eigenvalue weighted by atomic mass is 9.55. The molecule has 0 heterocycles. The van der Waals surface area contributed by atoms with Gasteiger partial charge in [0.25, 0.3) is 0 Å². The van der Waals surface area contributed by atoms with Crippen molar-refractivity contribution in [2.24, 2.45) is 16.2 Å². The van der Waals surface area contributed by atoms with Gasteiger partial charge in [0.1, 0.15) is 0 Å². The fourth-order valence-corrected chi connectivity index (χ4v) is 3.39. The van der Waals surface area contributed by atoms with Gasteiger partial charge >= 0.3 is 5.97 Å². The van der Waals surface area contributed by atoms with E-state index in [1.54, 1.807) is 0 Å². The summed E-state index contributed by atoms with van der Waals surface area (Å²) in [6.45, 7) is 8.18. The molecule has 1 aliphatic rings. The Morgan fingerprint density at radius 1 is 1.13 bits per heavy atom. The SMILES string of the molecule is CC1(C)CC(C)(C)CC(C#N)(C(=O)O)C1. The van der Waals surface area contributed by atoms with Crippen molar-refractivity contribution in [3.8, 4) is 6.07 Å². The Hall–Kier alpha value is -1.04. The highest BCUT2D eigenvalue weighted by atomic mass is 16.4. The normalized spacial score (nSPS) is 26.6. The minimum atomic E-state index is -1.19. The molecule has 1 saturated carbocycles. The lowest BCUT2D eigenvalue weighted by Crippen LogP contribution is -2.45. The van der Waals surface area contributed by atoms with Crippen LogP contribution in [0.25, 0.3) is 0 Å². The number of rotatable bonds is 1. The van der Waals surface area contributed by atoms with Gasteiger partial charge < -0.3 is 5.11 Å². The van der Waals surface area contributed by atoms with E-state index in [-0.39, 0.29) is 10.8 Å². The molecule has 0 spiro atoms. The number of hydrogen-bond donors (Lipinski definition) is 1. The molecule has 0 aromatic heterocycles. The minimum Gasteiger partial charge on any atom is -0.480 e. The Labute approximate surface area is 91.1 Å². The standard InChI is InChI=1S/C12H19NO2/c1-10(2)5-11(3,4)7-12(6-10,8-13)9(14)15/h5-7H2,1-4H3,(H,14,15). The fourth-order valence-electron chi connectivity index (χ4n) is 3.39. The Morgan fingerprint density at radius 2 is 1.53 bits per heavy atom. The first-order valence-corrected chi connectivity index (χ1v) is 5.27. The van der Waals surface area contributed by atoms with E-state index in [1.165, 1.54) is 0 Å². The van der Waals surface area contributed by atoms with Gasteiger partial charge in [-0.2, -0.15) is 5.26 Å². The summed E-state index contributed by atoms with van der Waals surface area (Å²) in [5, 5.41) is 18.4. The summed E-state index contributed by atoms with van der Waals surface area (Å²) >= 11 is 0. The van der Waals surface area contributed by atoms with Crippen LogP contribution >= 0.6 is 0 Å². The molecule has 1 rings (SSSR count). The maximum absolute atomic E-state index is 11.3. The lowest BCUT2D eigenvalue weighted by Gasteiger charge is -2.46. The Morgan fingerprint density at radius 3 is 1.80 bits per heavy atom. The number of nitriles is 1. The summed E-state index contributed by atoms with van der Waals surface area (Å²) < 4.78 is 0. The molecule has 84 valence electrons. The summed E-state index contributed by atoms with van der Waals surface area (Å²) in [4.78, 5) is 11.3. The van der Waals surface area contributed by atoms with Gasteiger partial charge in [-0.3, -0.25) is 4.79 Å². The second-order valence-corrected chi connectivity index (χ2v) is 6.36. The Kier molecular flexibility index (Phi) is 2.59. The third-order valence-corrected chi connectivity index (χ3v) is 3.14. The maximum Gasteiger partial charge on any atom is 0.324 e. The van der Waals surface area contributed by atoms with Crippen LogP contribution in [0.1, 0.15) is 47.0 Å². The molecule has 0 aromatic rings. The van der Waals surface area contributed by atoms with E-state index >= 15 is 0 Å². The molecule has 0 amide bonds. The number of nitrogens with zero attached hydrogens (tertiary/aromatic N) is 1. The van der Waals surface area contributed by atoms with Crippen molar-refractivity contribution < 1.29 is 9.90 Å². The topological polar surface area (TPSA) is 61.1 Å². The van der Waals surface area contributed by atoms with Gasteiger partial charge in [-0.25, -0.2) is 0 Å². The van der Waals surface area contributed by atoms with E-state index in [9.17, 15) is 9.90 Å². The average Bonchev–Trinajstić information content (AvgIpc) is 1.97. The second kappa shape index (κ2) is 3.23. The molecule has 3 heteroatoms. The average molecular weight is 209 g/mol. The zero-order valence-electron chi connectivity index (χ0n) is 9.92. The molecule has 3 nitrogen and oxygen atoms in total. The highest BCUT2D eigenvalue weighted by Gasteiger charge is 2.52. The molecule has 1 fully saturated rings. The first-order chi connectivity index (χ1) is 6.63. The van der Waals surface area contributed by atoms with Gasteiger partial charge in [-0.15, -0.1) is 0 Å². The summed E-state index contributed by atoms with van der Waals surface area (Å²) in [6.07, 6.45) is 1.88. The highest BCUT2D eigenvalue weighted by Crippen LogP contribution is 2.53. The predicted molar refractivity (Wildman–Crippen MR) is 57.1 cm³/mol.